The van der Waals surface area contributed by atoms with Gasteiger partial charge in [0.2, 0.25) is 0 Å². The van der Waals surface area contributed by atoms with Crippen molar-refractivity contribution in [2.24, 2.45) is 0 Å². The number of thioether (sulfide) groups is 1. The van der Waals surface area contributed by atoms with Crippen molar-refractivity contribution in [2.75, 3.05) is 13.7 Å². The number of ether oxygens (including phenoxy) is 2. The van der Waals surface area contributed by atoms with Crippen LogP contribution in [-0.4, -0.2) is 29.7 Å². The van der Waals surface area contributed by atoms with E-state index in [0.29, 0.717) is 49.5 Å². The lowest BCUT2D eigenvalue weighted by atomic mass is 10.1. The van der Waals surface area contributed by atoms with E-state index >= 15 is 0 Å². The van der Waals surface area contributed by atoms with Crippen LogP contribution in [0.25, 0.3) is 6.08 Å². The smallest absolute Gasteiger partial charge is 0.293 e. The van der Waals surface area contributed by atoms with Crippen molar-refractivity contribution in [2.45, 2.75) is 19.4 Å². The third-order valence-electron chi connectivity index (χ3n) is 5.53. The summed E-state index contributed by atoms with van der Waals surface area (Å²) in [4.78, 5) is 27.1. The molecule has 1 aliphatic rings. The molecule has 0 aromatic heterocycles. The number of aryl methyl sites for hydroxylation is 1. The first kappa shape index (κ1) is 26.6. The van der Waals surface area contributed by atoms with Gasteiger partial charge < -0.3 is 9.47 Å². The van der Waals surface area contributed by atoms with Crippen LogP contribution in [0.1, 0.15) is 23.1 Å². The molecule has 0 spiro atoms. The second-order valence-electron chi connectivity index (χ2n) is 7.97. The van der Waals surface area contributed by atoms with Crippen molar-refractivity contribution < 1.29 is 19.1 Å². The van der Waals surface area contributed by atoms with Gasteiger partial charge in [0.15, 0.2) is 11.5 Å². The molecular weight excluding hydrogens is 585 g/mol. The van der Waals surface area contributed by atoms with E-state index in [-0.39, 0.29) is 17.8 Å². The first-order valence-electron chi connectivity index (χ1n) is 11.1. The zero-order chi connectivity index (χ0) is 25.7. The third kappa shape index (κ3) is 6.45. The number of imide groups is 1. The van der Waals surface area contributed by atoms with Gasteiger partial charge in [0.1, 0.15) is 6.61 Å². The van der Waals surface area contributed by atoms with E-state index in [2.05, 4.69) is 15.9 Å². The fraction of sp³-hybridized carbons (Fsp3) is 0.185. The largest absolute Gasteiger partial charge is 0.493 e. The second kappa shape index (κ2) is 12.2. The predicted molar refractivity (Wildman–Crippen MR) is 149 cm³/mol. The molecule has 1 saturated heterocycles. The first-order chi connectivity index (χ1) is 17.4. The average molecular weight is 607 g/mol. The van der Waals surface area contributed by atoms with Crippen LogP contribution >= 0.6 is 50.9 Å². The number of halogens is 3. The van der Waals surface area contributed by atoms with Crippen molar-refractivity contribution in [1.82, 2.24) is 4.90 Å². The number of amides is 2. The summed E-state index contributed by atoms with van der Waals surface area (Å²) in [5.41, 5.74) is 2.65. The molecule has 0 aliphatic carbocycles. The number of carbonyl (C=O) groups excluding carboxylic acids is 2. The molecule has 1 fully saturated rings. The van der Waals surface area contributed by atoms with Crippen molar-refractivity contribution in [3.05, 3.63) is 96.8 Å². The maximum atomic E-state index is 12.9. The van der Waals surface area contributed by atoms with Gasteiger partial charge in [-0.25, -0.2) is 0 Å². The lowest BCUT2D eigenvalue weighted by Crippen LogP contribution is -2.29. The Morgan fingerprint density at radius 2 is 1.81 bits per heavy atom. The van der Waals surface area contributed by atoms with Crippen molar-refractivity contribution in [1.29, 1.82) is 0 Å². The Balaban J connectivity index is 1.45. The number of carbonyl (C=O) groups is 2. The standard InChI is InChI=1S/C27H22BrCl2NO4S/c1-34-23-12-19(21(28)15-24(23)35-16-18-9-10-20(29)14-22(18)30)13-25-26(32)31(27(33)36-25)11-5-8-17-6-3-2-4-7-17/h2-4,6-7,9-10,12-15H,5,8,11,16H2,1H3/b25-13+. The first-order valence-corrected chi connectivity index (χ1v) is 13.5. The van der Waals surface area contributed by atoms with Crippen molar-refractivity contribution in [3.8, 4) is 11.5 Å². The molecule has 0 atom stereocenters. The molecule has 0 saturated carbocycles. The number of rotatable bonds is 9. The fourth-order valence-corrected chi connectivity index (χ4v) is 5.40. The zero-order valence-corrected chi connectivity index (χ0v) is 23.2. The zero-order valence-electron chi connectivity index (χ0n) is 19.3. The number of nitrogens with zero attached hydrogens (tertiary/aromatic N) is 1. The summed E-state index contributed by atoms with van der Waals surface area (Å²) in [6, 6.07) is 18.7. The van der Waals surface area contributed by atoms with Gasteiger partial charge in [0.25, 0.3) is 11.1 Å². The van der Waals surface area contributed by atoms with Gasteiger partial charge >= 0.3 is 0 Å². The summed E-state index contributed by atoms with van der Waals surface area (Å²) in [6.07, 6.45) is 3.19. The van der Waals surface area contributed by atoms with Gasteiger partial charge in [0.05, 0.1) is 12.0 Å². The van der Waals surface area contributed by atoms with E-state index in [1.165, 1.54) is 17.6 Å². The highest BCUT2D eigenvalue weighted by Gasteiger charge is 2.34. The molecule has 9 heteroatoms. The van der Waals surface area contributed by atoms with Crippen LogP contribution in [0.2, 0.25) is 10.0 Å². The molecule has 0 radical (unpaired) electrons. The van der Waals surface area contributed by atoms with E-state index in [1.54, 1.807) is 36.4 Å². The summed E-state index contributed by atoms with van der Waals surface area (Å²) in [5, 5.41) is 0.799. The van der Waals surface area contributed by atoms with Gasteiger partial charge in [-0.15, -0.1) is 0 Å². The van der Waals surface area contributed by atoms with Crippen molar-refractivity contribution in [3.63, 3.8) is 0 Å². The highest BCUT2D eigenvalue weighted by atomic mass is 79.9. The van der Waals surface area contributed by atoms with Crippen LogP contribution in [0, 0.1) is 0 Å². The van der Waals surface area contributed by atoms with Crippen LogP contribution in [0.3, 0.4) is 0 Å². The number of methoxy groups -OCH3 is 1. The predicted octanol–water partition coefficient (Wildman–Crippen LogP) is 8.01. The minimum Gasteiger partial charge on any atom is -0.493 e. The molecule has 3 aromatic carbocycles. The topological polar surface area (TPSA) is 55.8 Å². The summed E-state index contributed by atoms with van der Waals surface area (Å²) >= 11 is 16.7. The van der Waals surface area contributed by atoms with E-state index in [0.717, 1.165) is 23.7 Å². The molecule has 0 bridgehead atoms. The Kier molecular flexibility index (Phi) is 9.01. The van der Waals surface area contributed by atoms with Crippen LogP contribution in [-0.2, 0) is 17.8 Å². The molecule has 2 amide bonds. The van der Waals surface area contributed by atoms with Crippen LogP contribution in [0.15, 0.2) is 70.0 Å². The molecule has 0 unspecified atom stereocenters. The average Bonchev–Trinajstić information content (AvgIpc) is 3.13. The van der Waals surface area contributed by atoms with Crippen LogP contribution < -0.4 is 9.47 Å². The highest BCUT2D eigenvalue weighted by molar-refractivity contribution is 9.10. The van der Waals surface area contributed by atoms with Gasteiger partial charge in [-0.2, -0.15) is 0 Å². The quantitative estimate of drug-likeness (QED) is 0.231. The van der Waals surface area contributed by atoms with Gasteiger partial charge in [0, 0.05) is 26.6 Å². The normalized spacial score (nSPS) is 14.6. The monoisotopic (exact) mass is 605 g/mol. The van der Waals surface area contributed by atoms with Gasteiger partial charge in [-0.1, -0.05) is 75.5 Å². The molecule has 1 aliphatic heterocycles. The lowest BCUT2D eigenvalue weighted by Gasteiger charge is -2.14. The summed E-state index contributed by atoms with van der Waals surface area (Å²) < 4.78 is 12.1. The Morgan fingerprint density at radius 3 is 2.53 bits per heavy atom. The van der Waals surface area contributed by atoms with Crippen LogP contribution in [0.4, 0.5) is 4.79 Å². The minimum absolute atomic E-state index is 0.222. The molecule has 186 valence electrons. The second-order valence-corrected chi connectivity index (χ2v) is 10.7. The van der Waals surface area contributed by atoms with E-state index in [4.69, 9.17) is 32.7 Å². The molecule has 5 nitrogen and oxygen atoms in total. The molecule has 4 rings (SSSR count). The van der Waals surface area contributed by atoms with Gasteiger partial charge in [-0.05, 0) is 66.1 Å². The number of hydrogen-bond acceptors (Lipinski definition) is 5. The molecule has 3 aromatic rings. The molecule has 1 heterocycles. The Labute approximate surface area is 232 Å². The third-order valence-corrected chi connectivity index (χ3v) is 7.71. The lowest BCUT2D eigenvalue weighted by molar-refractivity contribution is -0.122. The molecule has 0 N–H and O–H groups in total. The summed E-state index contributed by atoms with van der Waals surface area (Å²) in [6.45, 7) is 0.599. The number of benzene rings is 3. The van der Waals surface area contributed by atoms with E-state index < -0.39 is 0 Å². The molecular formula is C27H22BrCl2NO4S. The van der Waals surface area contributed by atoms with Crippen LogP contribution in [0.5, 0.6) is 11.5 Å². The number of hydrogen-bond donors (Lipinski definition) is 0. The minimum atomic E-state index is -0.290. The SMILES string of the molecule is COc1cc(/C=C2/SC(=O)N(CCCc3ccccc3)C2=O)c(Br)cc1OCc1ccc(Cl)cc1Cl. The Bertz CT molecular complexity index is 1320. The molecule has 36 heavy (non-hydrogen) atoms. The fourth-order valence-electron chi connectivity index (χ4n) is 3.65. The van der Waals surface area contributed by atoms with E-state index in [1.807, 2.05) is 30.3 Å². The summed E-state index contributed by atoms with van der Waals surface area (Å²) in [7, 11) is 1.54. The van der Waals surface area contributed by atoms with Crippen molar-refractivity contribution >= 4 is 68.1 Å². The summed E-state index contributed by atoms with van der Waals surface area (Å²) in [5.74, 6) is 0.694. The van der Waals surface area contributed by atoms with Gasteiger partial charge in [-0.3, -0.25) is 14.5 Å². The Hall–Kier alpha value is -2.45. The van der Waals surface area contributed by atoms with E-state index in [9.17, 15) is 9.59 Å². The maximum Gasteiger partial charge on any atom is 0.293 e. The maximum absolute atomic E-state index is 12.9. The Morgan fingerprint density at radius 1 is 1.03 bits per heavy atom. The highest BCUT2D eigenvalue weighted by Crippen LogP contribution is 2.38.